The smallest absolute Gasteiger partial charge is 0.257 e. The van der Waals surface area contributed by atoms with Crippen LogP contribution in [-0.4, -0.2) is 56.1 Å². The molecule has 8 nitrogen and oxygen atoms in total. The number of nitrogens with zero attached hydrogens (tertiary/aromatic N) is 5. The van der Waals surface area contributed by atoms with E-state index in [9.17, 15) is 14.4 Å². The van der Waals surface area contributed by atoms with Crippen molar-refractivity contribution in [3.63, 3.8) is 0 Å². The Morgan fingerprint density at radius 1 is 1.25 bits per heavy atom. The molecule has 1 aromatic heterocycles. The van der Waals surface area contributed by atoms with Gasteiger partial charge in [-0.3, -0.25) is 24.0 Å². The minimum absolute atomic E-state index is 0.0462. The van der Waals surface area contributed by atoms with Crippen molar-refractivity contribution < 1.29 is 14.4 Å². The van der Waals surface area contributed by atoms with Gasteiger partial charge in [0.15, 0.2) is 0 Å². The van der Waals surface area contributed by atoms with Gasteiger partial charge in [-0.2, -0.15) is 5.10 Å². The summed E-state index contributed by atoms with van der Waals surface area (Å²) in [5.41, 5.74) is 1.67. The molecule has 2 saturated heterocycles. The summed E-state index contributed by atoms with van der Waals surface area (Å²) in [5, 5.41) is 4.25. The number of hydrogen-bond donors (Lipinski definition) is 0. The first-order valence-corrected chi connectivity index (χ1v) is 11.4. The molecule has 0 radical (unpaired) electrons. The van der Waals surface area contributed by atoms with Crippen molar-refractivity contribution in [3.05, 3.63) is 47.8 Å². The van der Waals surface area contributed by atoms with E-state index in [0.717, 1.165) is 24.9 Å². The zero-order valence-corrected chi connectivity index (χ0v) is 18.7. The van der Waals surface area contributed by atoms with Gasteiger partial charge in [0, 0.05) is 44.7 Å². The van der Waals surface area contributed by atoms with Gasteiger partial charge >= 0.3 is 0 Å². The predicted molar refractivity (Wildman–Crippen MR) is 119 cm³/mol. The second kappa shape index (κ2) is 7.76. The molecule has 168 valence electrons. The van der Waals surface area contributed by atoms with Crippen LogP contribution in [-0.2, 0) is 16.6 Å². The summed E-state index contributed by atoms with van der Waals surface area (Å²) in [6.07, 6.45) is 7.74. The van der Waals surface area contributed by atoms with Gasteiger partial charge in [0.05, 0.1) is 23.5 Å². The van der Waals surface area contributed by atoms with Crippen LogP contribution in [0.3, 0.4) is 0 Å². The van der Waals surface area contributed by atoms with Crippen LogP contribution >= 0.6 is 0 Å². The summed E-state index contributed by atoms with van der Waals surface area (Å²) >= 11 is 0. The average molecular weight is 436 g/mol. The zero-order valence-electron chi connectivity index (χ0n) is 18.7. The van der Waals surface area contributed by atoms with Crippen molar-refractivity contribution in [1.29, 1.82) is 0 Å². The van der Waals surface area contributed by atoms with Crippen molar-refractivity contribution in [2.75, 3.05) is 18.0 Å². The van der Waals surface area contributed by atoms with Gasteiger partial charge in [-0.1, -0.05) is 12.1 Å². The quantitative estimate of drug-likeness (QED) is 0.724. The summed E-state index contributed by atoms with van der Waals surface area (Å²) in [5.74, 6) is 0.103. The van der Waals surface area contributed by atoms with E-state index >= 15 is 0 Å². The van der Waals surface area contributed by atoms with Crippen molar-refractivity contribution >= 4 is 23.4 Å². The molecule has 0 bridgehead atoms. The zero-order chi connectivity index (χ0) is 22.5. The van der Waals surface area contributed by atoms with Crippen LogP contribution in [0.5, 0.6) is 0 Å². The van der Waals surface area contributed by atoms with Crippen LogP contribution in [0.15, 0.2) is 36.7 Å². The molecular formula is C24H29N5O3. The molecule has 3 amide bonds. The molecule has 4 heterocycles. The van der Waals surface area contributed by atoms with E-state index < -0.39 is 5.66 Å². The van der Waals surface area contributed by atoms with Crippen molar-refractivity contribution in [1.82, 2.24) is 19.6 Å². The van der Waals surface area contributed by atoms with Crippen molar-refractivity contribution in [3.8, 4) is 0 Å². The number of benzene rings is 1. The molecule has 2 atom stereocenters. The van der Waals surface area contributed by atoms with E-state index in [2.05, 4.69) is 5.10 Å². The molecule has 0 N–H and O–H groups in total. The Labute approximate surface area is 187 Å². The number of rotatable bonds is 5. The fourth-order valence-corrected chi connectivity index (χ4v) is 5.60. The van der Waals surface area contributed by atoms with Gasteiger partial charge in [-0.15, -0.1) is 0 Å². The Balaban J connectivity index is 1.29. The molecule has 32 heavy (non-hydrogen) atoms. The highest BCUT2D eigenvalue weighted by atomic mass is 16.2. The fraction of sp³-hybridized carbons (Fsp3) is 0.500. The van der Waals surface area contributed by atoms with Crippen LogP contribution in [0.1, 0.15) is 67.4 Å². The first-order chi connectivity index (χ1) is 15.4. The molecule has 0 aliphatic carbocycles. The SMILES string of the molecule is Cn1cc(C2CCCN2C(=O)CCCN2C(=O)c3ccccc3N3C(=O)CCC23C)cn1. The number of carbonyl (C=O) groups excluding carboxylic acids is 3. The first-order valence-electron chi connectivity index (χ1n) is 11.4. The number of fused-ring (bicyclic) bond motifs is 3. The molecule has 0 spiro atoms. The summed E-state index contributed by atoms with van der Waals surface area (Å²) in [7, 11) is 1.88. The summed E-state index contributed by atoms with van der Waals surface area (Å²) in [4.78, 5) is 44.6. The molecular weight excluding hydrogens is 406 g/mol. The lowest BCUT2D eigenvalue weighted by molar-refractivity contribution is -0.132. The minimum atomic E-state index is -0.669. The molecule has 1 aromatic carbocycles. The summed E-state index contributed by atoms with van der Waals surface area (Å²) < 4.78 is 1.77. The third-order valence-corrected chi connectivity index (χ3v) is 7.20. The number of likely N-dealkylation sites (tertiary alicyclic amines) is 1. The highest BCUT2D eigenvalue weighted by Gasteiger charge is 2.52. The van der Waals surface area contributed by atoms with E-state index in [0.29, 0.717) is 43.5 Å². The fourth-order valence-electron chi connectivity index (χ4n) is 5.60. The molecule has 2 aromatic rings. The van der Waals surface area contributed by atoms with Crippen molar-refractivity contribution in [2.45, 2.75) is 57.2 Å². The van der Waals surface area contributed by atoms with Gasteiger partial charge in [-0.25, -0.2) is 0 Å². The van der Waals surface area contributed by atoms with E-state index in [4.69, 9.17) is 0 Å². The van der Waals surface area contributed by atoms with Crippen LogP contribution in [0.25, 0.3) is 0 Å². The maximum atomic E-state index is 13.3. The second-order valence-electron chi connectivity index (χ2n) is 9.22. The number of aryl methyl sites for hydroxylation is 1. The van der Waals surface area contributed by atoms with E-state index in [1.165, 1.54) is 0 Å². The Morgan fingerprint density at radius 2 is 2.06 bits per heavy atom. The largest absolute Gasteiger partial charge is 0.336 e. The lowest BCUT2D eigenvalue weighted by atomic mass is 9.97. The molecule has 3 aliphatic rings. The first kappa shape index (κ1) is 20.7. The molecule has 0 saturated carbocycles. The maximum Gasteiger partial charge on any atom is 0.257 e. The Hall–Kier alpha value is -3.16. The van der Waals surface area contributed by atoms with Gasteiger partial charge in [0.1, 0.15) is 5.66 Å². The van der Waals surface area contributed by atoms with E-state index in [1.807, 2.05) is 49.5 Å². The third kappa shape index (κ3) is 3.20. The molecule has 3 aliphatic heterocycles. The number of para-hydroxylation sites is 1. The standard InChI is InChI=1S/C24H29N5O3/c1-24-12-11-22(31)29(24)20-8-4-3-7-18(20)23(32)28(24)14-6-10-21(30)27-13-5-9-19(27)17-15-25-26(2)16-17/h3-4,7-8,15-16,19H,5-6,9-14H2,1-2H3. The van der Waals surface area contributed by atoms with Gasteiger partial charge < -0.3 is 9.80 Å². The van der Waals surface area contributed by atoms with Crippen LogP contribution < -0.4 is 4.90 Å². The van der Waals surface area contributed by atoms with Gasteiger partial charge in [0.2, 0.25) is 11.8 Å². The van der Waals surface area contributed by atoms with Crippen LogP contribution in [0.4, 0.5) is 5.69 Å². The minimum Gasteiger partial charge on any atom is -0.336 e. The Kier molecular flexibility index (Phi) is 5.03. The maximum absolute atomic E-state index is 13.3. The Bertz CT molecular complexity index is 1080. The predicted octanol–water partition coefficient (Wildman–Crippen LogP) is 2.86. The highest BCUT2D eigenvalue weighted by Crippen LogP contribution is 2.44. The molecule has 2 unspecified atom stereocenters. The van der Waals surface area contributed by atoms with E-state index in [1.54, 1.807) is 20.5 Å². The number of hydrogen-bond acceptors (Lipinski definition) is 4. The average Bonchev–Trinajstić information content (AvgIpc) is 3.50. The molecule has 2 fully saturated rings. The van der Waals surface area contributed by atoms with Gasteiger partial charge in [0.25, 0.3) is 5.91 Å². The number of carbonyl (C=O) groups is 3. The normalized spacial score (nSPS) is 24.8. The topological polar surface area (TPSA) is 78.8 Å². The second-order valence-corrected chi connectivity index (χ2v) is 9.22. The molecule has 8 heteroatoms. The Morgan fingerprint density at radius 3 is 2.84 bits per heavy atom. The summed E-state index contributed by atoms with van der Waals surface area (Å²) in [6.45, 7) is 3.17. The summed E-state index contributed by atoms with van der Waals surface area (Å²) in [6, 6.07) is 7.40. The lowest BCUT2D eigenvalue weighted by Gasteiger charge is -2.48. The number of anilines is 1. The third-order valence-electron chi connectivity index (χ3n) is 7.20. The highest BCUT2D eigenvalue weighted by molar-refractivity contribution is 6.10. The molecule has 5 rings (SSSR count). The number of aromatic nitrogens is 2. The van der Waals surface area contributed by atoms with Crippen LogP contribution in [0, 0.1) is 0 Å². The van der Waals surface area contributed by atoms with Gasteiger partial charge in [-0.05, 0) is 44.7 Å². The van der Waals surface area contributed by atoms with Crippen LogP contribution in [0.2, 0.25) is 0 Å². The van der Waals surface area contributed by atoms with Crippen molar-refractivity contribution in [2.24, 2.45) is 7.05 Å². The number of amides is 3. The lowest BCUT2D eigenvalue weighted by Crippen LogP contribution is -2.62. The monoisotopic (exact) mass is 435 g/mol. The van der Waals surface area contributed by atoms with E-state index in [-0.39, 0.29) is 23.8 Å².